The van der Waals surface area contributed by atoms with Crippen molar-refractivity contribution in [3.8, 4) is 0 Å². The first kappa shape index (κ1) is 8.93. The van der Waals surface area contributed by atoms with Gasteiger partial charge in [-0.2, -0.15) is 6.26 Å². The van der Waals surface area contributed by atoms with E-state index in [-0.39, 0.29) is 18.9 Å². The van der Waals surface area contributed by atoms with Crippen LogP contribution in [0.2, 0.25) is 0 Å². The first-order chi connectivity index (χ1) is 1.91. The number of allylic oxidation sites excluding steroid dienone is 1. The molecule has 0 saturated heterocycles. The van der Waals surface area contributed by atoms with Crippen molar-refractivity contribution >= 4 is 0 Å². The zero-order valence-electron chi connectivity index (χ0n) is 3.56. The molecule has 0 aliphatic carbocycles. The zero-order valence-corrected chi connectivity index (χ0v) is 3.56. The summed E-state index contributed by atoms with van der Waals surface area (Å²) in [4.78, 5) is 0. The van der Waals surface area contributed by atoms with Gasteiger partial charge in [0.25, 0.3) is 0 Å². The van der Waals surface area contributed by atoms with E-state index in [2.05, 4.69) is 0 Å². The molecule has 0 aliphatic heterocycles. The molecule has 5 heavy (non-hydrogen) atoms. The van der Waals surface area contributed by atoms with Crippen molar-refractivity contribution in [2.24, 2.45) is 0 Å². The van der Waals surface area contributed by atoms with Gasteiger partial charge in [-0.05, 0) is 6.92 Å². The molecule has 2 heteroatoms. The summed E-state index contributed by atoms with van der Waals surface area (Å²) in [5.41, 5.74) is 0. The van der Waals surface area contributed by atoms with Crippen molar-refractivity contribution < 1.29 is 24.0 Å². The Morgan fingerprint density at radius 1 is 1.60 bits per heavy atom. The van der Waals surface area contributed by atoms with Crippen molar-refractivity contribution in [3.63, 3.8) is 0 Å². The van der Waals surface area contributed by atoms with Crippen LogP contribution in [0.4, 0.5) is 0 Å². The quantitative estimate of drug-likeness (QED) is 0.216. The van der Waals surface area contributed by atoms with Crippen LogP contribution < -0.4 is 24.0 Å². The Balaban J connectivity index is 0. The maximum Gasteiger partial charge on any atom is 1.00 e. The van der Waals surface area contributed by atoms with Crippen molar-refractivity contribution in [2.75, 3.05) is 0 Å². The van der Waals surface area contributed by atoms with Crippen LogP contribution in [-0.4, -0.2) is 0 Å². The molecular weight excluding hydrogens is 59.0 g/mol. The van der Waals surface area contributed by atoms with Gasteiger partial charge >= 0.3 is 18.9 Å². The van der Waals surface area contributed by atoms with E-state index < -0.39 is 0 Å². The van der Waals surface area contributed by atoms with E-state index in [1.54, 1.807) is 6.92 Å². The number of hydrogen-bond acceptors (Lipinski definition) is 1. The molecule has 0 radical (unpaired) electrons. The smallest absolute Gasteiger partial charge is 0.878 e. The molecule has 0 bridgehead atoms. The Hall–Kier alpha value is 0.137. The summed E-state index contributed by atoms with van der Waals surface area (Å²) in [6, 6.07) is 0. The molecule has 0 aromatic carbocycles. The molecule has 24 valence electrons. The van der Waals surface area contributed by atoms with Gasteiger partial charge in [0, 0.05) is 0 Å². The minimum absolute atomic E-state index is 0. The van der Waals surface area contributed by atoms with Crippen LogP contribution in [-0.2, 0) is 0 Å². The van der Waals surface area contributed by atoms with Crippen molar-refractivity contribution in [1.82, 2.24) is 0 Å². The molecule has 0 spiro atoms. The monoisotopic (exact) mass is 64.1 g/mol. The average molecular weight is 64.0 g/mol. The third-order valence-corrected chi connectivity index (χ3v) is 0.136. The molecule has 0 N–H and O–H groups in total. The Morgan fingerprint density at radius 3 is 1.80 bits per heavy atom. The number of rotatable bonds is 0. The summed E-state index contributed by atoms with van der Waals surface area (Å²) in [5, 5.41) is 9.12. The van der Waals surface area contributed by atoms with Crippen LogP contribution in [0.1, 0.15) is 6.92 Å². The van der Waals surface area contributed by atoms with Gasteiger partial charge in [0.05, 0.1) is 0 Å². The molecular formula is C3H5LiO. The second-order valence-corrected chi connectivity index (χ2v) is 0.469. The van der Waals surface area contributed by atoms with Crippen LogP contribution >= 0.6 is 0 Å². The Bertz CT molecular complexity index is 22.1. The maximum atomic E-state index is 9.12. The molecule has 0 aromatic rings. The van der Waals surface area contributed by atoms with Gasteiger partial charge < -0.3 is 5.11 Å². The maximum absolute atomic E-state index is 9.12. The minimum Gasteiger partial charge on any atom is -0.878 e. The standard InChI is InChI=1S/C3H6O.Li/c1-2-3-4;/h2-4H,1H3;/q;+1/p-1/b3-2-;. The molecule has 0 amide bonds. The van der Waals surface area contributed by atoms with E-state index >= 15 is 0 Å². The molecule has 0 unspecified atom stereocenters. The second-order valence-electron chi connectivity index (χ2n) is 0.469. The molecule has 0 aliphatic rings. The first-order valence-electron chi connectivity index (χ1n) is 1.15. The molecule has 0 rings (SSSR count). The third kappa shape index (κ3) is 14.6. The summed E-state index contributed by atoms with van der Waals surface area (Å²) >= 11 is 0. The van der Waals surface area contributed by atoms with Crippen molar-refractivity contribution in [1.29, 1.82) is 0 Å². The van der Waals surface area contributed by atoms with Crippen LogP contribution in [0, 0.1) is 0 Å². The van der Waals surface area contributed by atoms with E-state index in [0.29, 0.717) is 0 Å². The molecule has 0 atom stereocenters. The molecule has 0 aromatic heterocycles. The van der Waals surface area contributed by atoms with Crippen molar-refractivity contribution in [2.45, 2.75) is 6.92 Å². The minimum atomic E-state index is 0. The van der Waals surface area contributed by atoms with Crippen LogP contribution in [0.25, 0.3) is 0 Å². The average Bonchev–Trinajstić information content (AvgIpc) is 1.37. The van der Waals surface area contributed by atoms with E-state index in [1.165, 1.54) is 6.08 Å². The van der Waals surface area contributed by atoms with Gasteiger partial charge in [0.15, 0.2) is 0 Å². The SMILES string of the molecule is C/C=C\[O-].[Li+]. The van der Waals surface area contributed by atoms with Gasteiger partial charge in [0.2, 0.25) is 0 Å². The fourth-order valence-electron chi connectivity index (χ4n) is 0. The van der Waals surface area contributed by atoms with Crippen LogP contribution in [0.3, 0.4) is 0 Å². The van der Waals surface area contributed by atoms with Gasteiger partial charge in [-0.15, -0.1) is 6.08 Å². The summed E-state index contributed by atoms with van der Waals surface area (Å²) in [6.45, 7) is 1.69. The van der Waals surface area contributed by atoms with Crippen molar-refractivity contribution in [3.05, 3.63) is 12.3 Å². The van der Waals surface area contributed by atoms with E-state index in [9.17, 15) is 0 Å². The predicted molar refractivity (Wildman–Crippen MR) is 14.8 cm³/mol. The van der Waals surface area contributed by atoms with Crippen LogP contribution in [0.5, 0.6) is 0 Å². The third-order valence-electron chi connectivity index (χ3n) is 0.136. The van der Waals surface area contributed by atoms with Crippen LogP contribution in [0.15, 0.2) is 12.3 Å². The van der Waals surface area contributed by atoms with Gasteiger partial charge in [0.1, 0.15) is 0 Å². The Kier molecular flexibility index (Phi) is 15.9. The van der Waals surface area contributed by atoms with E-state index in [4.69, 9.17) is 5.11 Å². The summed E-state index contributed by atoms with van der Waals surface area (Å²) in [5.74, 6) is 0. The van der Waals surface area contributed by atoms with Gasteiger partial charge in [-0.1, -0.05) is 0 Å². The predicted octanol–water partition coefficient (Wildman–Crippen LogP) is -3.12. The normalized spacial score (nSPS) is 7.40. The molecule has 0 heterocycles. The fourth-order valence-corrected chi connectivity index (χ4v) is 0. The summed E-state index contributed by atoms with van der Waals surface area (Å²) in [7, 11) is 0. The van der Waals surface area contributed by atoms with Gasteiger partial charge in [-0.3, -0.25) is 0 Å². The fraction of sp³-hybridized carbons (Fsp3) is 0.333. The first-order valence-corrected chi connectivity index (χ1v) is 1.15. The number of hydrogen-bond donors (Lipinski definition) is 0. The second kappa shape index (κ2) is 8.91. The Labute approximate surface area is 43.9 Å². The zero-order chi connectivity index (χ0) is 3.41. The summed E-state index contributed by atoms with van der Waals surface area (Å²) in [6.07, 6.45) is 2.19. The largest absolute Gasteiger partial charge is 1.00 e. The molecule has 1 nitrogen and oxygen atoms in total. The van der Waals surface area contributed by atoms with E-state index in [1.807, 2.05) is 0 Å². The topological polar surface area (TPSA) is 23.1 Å². The molecule has 0 saturated carbocycles. The van der Waals surface area contributed by atoms with Gasteiger partial charge in [-0.25, -0.2) is 0 Å². The molecule has 0 fully saturated rings. The Morgan fingerprint density at radius 2 is 1.80 bits per heavy atom. The summed E-state index contributed by atoms with van der Waals surface area (Å²) < 4.78 is 0. The van der Waals surface area contributed by atoms with E-state index in [0.717, 1.165) is 6.26 Å².